The summed E-state index contributed by atoms with van der Waals surface area (Å²) in [6.07, 6.45) is -0.535. The number of amides is 5. The van der Waals surface area contributed by atoms with Crippen molar-refractivity contribution >= 4 is 48.1 Å². The molecule has 0 aliphatic heterocycles. The highest BCUT2D eigenvalue weighted by Crippen LogP contribution is 2.07. The molecule has 0 saturated carbocycles. The molecule has 4 atom stereocenters. The summed E-state index contributed by atoms with van der Waals surface area (Å²) in [4.78, 5) is 70.5. The fourth-order valence-electron chi connectivity index (χ4n) is 2.55. The lowest BCUT2D eigenvalue weighted by Crippen LogP contribution is -2.58. The van der Waals surface area contributed by atoms with Gasteiger partial charge in [0.25, 0.3) is 0 Å². The maximum absolute atomic E-state index is 12.7. The molecule has 10 N–H and O–H groups in total. The molecule has 0 aliphatic rings. The van der Waals surface area contributed by atoms with Gasteiger partial charge in [-0.3, -0.25) is 24.0 Å². The number of hydrogen-bond acceptors (Lipinski definition) is 8. The van der Waals surface area contributed by atoms with Crippen molar-refractivity contribution in [1.29, 1.82) is 0 Å². The van der Waals surface area contributed by atoms with E-state index in [1.165, 1.54) is 0 Å². The number of carbonyl (C=O) groups is 6. The van der Waals surface area contributed by atoms with Crippen LogP contribution < -0.4 is 33.2 Å². The maximum atomic E-state index is 12.7. The van der Waals surface area contributed by atoms with Gasteiger partial charge in [0, 0.05) is 12.2 Å². The van der Waals surface area contributed by atoms with Gasteiger partial charge in [0.15, 0.2) is 0 Å². The van der Waals surface area contributed by atoms with Gasteiger partial charge in [0.2, 0.25) is 29.5 Å². The van der Waals surface area contributed by atoms with E-state index in [0.29, 0.717) is 0 Å². The van der Waals surface area contributed by atoms with Crippen LogP contribution in [0.25, 0.3) is 0 Å². The summed E-state index contributed by atoms with van der Waals surface area (Å²) in [6, 6.07) is -4.96. The second-order valence-corrected chi connectivity index (χ2v) is 7.98. The number of aliphatic carboxylic acids is 1. The van der Waals surface area contributed by atoms with Crippen molar-refractivity contribution in [3.63, 3.8) is 0 Å². The van der Waals surface area contributed by atoms with Gasteiger partial charge in [-0.25, -0.2) is 4.79 Å². The van der Waals surface area contributed by atoms with E-state index < -0.39 is 66.1 Å². The highest BCUT2D eigenvalue weighted by atomic mass is 32.1. The first-order valence-electron chi connectivity index (χ1n) is 9.85. The van der Waals surface area contributed by atoms with E-state index in [4.69, 9.17) is 22.3 Å². The summed E-state index contributed by atoms with van der Waals surface area (Å²) >= 11 is 4.00. The van der Waals surface area contributed by atoms with Crippen molar-refractivity contribution < 1.29 is 33.9 Å². The van der Waals surface area contributed by atoms with Crippen molar-refractivity contribution in [2.24, 2.45) is 23.1 Å². The van der Waals surface area contributed by atoms with Crippen molar-refractivity contribution in [2.45, 2.75) is 63.7 Å². The Hall–Kier alpha value is -2.87. The first-order chi connectivity index (χ1) is 14.8. The van der Waals surface area contributed by atoms with Crippen molar-refractivity contribution in [2.75, 3.05) is 5.75 Å². The molecule has 0 aliphatic carbocycles. The molecule has 0 aromatic heterocycles. The predicted molar refractivity (Wildman–Crippen MR) is 117 cm³/mol. The number of rotatable bonds is 15. The standard InChI is InChI=1S/C18H32N6O7S/c1-8(2)5-10(22-15(27)9(19)3-4-13(20)25)16(28)24-12(7-32)17(29)23-11(18(30)31)6-14(21)26/h8-12,32H,3-7,19H2,1-2H3,(H2,20,25)(H2,21,26)(H,22,27)(H,23,29)(H,24,28)(H,30,31). The quantitative estimate of drug-likeness (QED) is 0.113. The molecule has 13 nitrogen and oxygen atoms in total. The summed E-state index contributed by atoms with van der Waals surface area (Å²) in [5.74, 6) is -5.54. The molecular weight excluding hydrogens is 444 g/mol. The molecule has 5 amide bonds. The molecule has 0 bridgehead atoms. The number of nitrogens with two attached hydrogens (primary N) is 3. The third kappa shape index (κ3) is 11.5. The highest BCUT2D eigenvalue weighted by molar-refractivity contribution is 7.80. The van der Waals surface area contributed by atoms with E-state index in [9.17, 15) is 28.8 Å². The largest absolute Gasteiger partial charge is 0.480 e. The Bertz CT molecular complexity index is 718. The number of carbonyl (C=O) groups excluding carboxylic acids is 5. The average molecular weight is 477 g/mol. The van der Waals surface area contributed by atoms with Crippen LogP contribution >= 0.6 is 12.6 Å². The number of carboxylic acids is 1. The van der Waals surface area contributed by atoms with Gasteiger partial charge in [0.1, 0.15) is 18.1 Å². The summed E-state index contributed by atoms with van der Waals surface area (Å²) in [7, 11) is 0. The normalized spacial score (nSPS) is 14.5. The second kappa shape index (κ2) is 14.2. The van der Waals surface area contributed by atoms with E-state index >= 15 is 0 Å². The summed E-state index contributed by atoms with van der Waals surface area (Å²) < 4.78 is 0. The van der Waals surface area contributed by atoms with Gasteiger partial charge < -0.3 is 38.3 Å². The zero-order valence-corrected chi connectivity index (χ0v) is 18.9. The highest BCUT2D eigenvalue weighted by Gasteiger charge is 2.30. The van der Waals surface area contributed by atoms with Crippen LogP contribution in [0.3, 0.4) is 0 Å². The Balaban J connectivity index is 5.24. The van der Waals surface area contributed by atoms with Gasteiger partial charge in [-0.15, -0.1) is 0 Å². The average Bonchev–Trinajstić information content (AvgIpc) is 2.67. The van der Waals surface area contributed by atoms with Crippen molar-refractivity contribution in [3.8, 4) is 0 Å². The Morgan fingerprint density at radius 3 is 1.78 bits per heavy atom. The van der Waals surface area contributed by atoms with E-state index in [1.807, 2.05) is 13.8 Å². The van der Waals surface area contributed by atoms with Gasteiger partial charge >= 0.3 is 5.97 Å². The van der Waals surface area contributed by atoms with Crippen LogP contribution in [0, 0.1) is 5.92 Å². The molecule has 0 rings (SSSR count). The Morgan fingerprint density at radius 1 is 0.844 bits per heavy atom. The zero-order chi connectivity index (χ0) is 25.0. The minimum atomic E-state index is -1.58. The minimum Gasteiger partial charge on any atom is -0.480 e. The molecule has 0 radical (unpaired) electrons. The van der Waals surface area contributed by atoms with E-state index in [-0.39, 0.29) is 30.9 Å². The molecule has 0 heterocycles. The minimum absolute atomic E-state index is 0.00467. The molecule has 0 aromatic rings. The smallest absolute Gasteiger partial charge is 0.326 e. The lowest BCUT2D eigenvalue weighted by Gasteiger charge is -2.25. The molecule has 0 aromatic carbocycles. The molecule has 32 heavy (non-hydrogen) atoms. The number of carboxylic acid groups (broad SMARTS) is 1. The van der Waals surface area contributed by atoms with Gasteiger partial charge in [-0.2, -0.15) is 12.6 Å². The van der Waals surface area contributed by atoms with Crippen molar-refractivity contribution in [3.05, 3.63) is 0 Å². The van der Waals surface area contributed by atoms with Gasteiger partial charge in [-0.1, -0.05) is 13.8 Å². The van der Waals surface area contributed by atoms with E-state index in [1.54, 1.807) is 0 Å². The number of nitrogens with one attached hydrogen (secondary N) is 3. The molecule has 4 unspecified atom stereocenters. The summed E-state index contributed by atoms with van der Waals surface area (Å²) in [6.45, 7) is 3.62. The van der Waals surface area contributed by atoms with Crippen LogP contribution in [0.5, 0.6) is 0 Å². The van der Waals surface area contributed by atoms with Crippen LogP contribution in [0.1, 0.15) is 39.5 Å². The predicted octanol–water partition coefficient (Wildman–Crippen LogP) is -3.03. The molecular formula is C18H32N6O7S. The van der Waals surface area contributed by atoms with Crippen molar-refractivity contribution in [1.82, 2.24) is 16.0 Å². The summed E-state index contributed by atoms with van der Waals surface area (Å²) in [5, 5.41) is 16.1. The second-order valence-electron chi connectivity index (χ2n) is 7.62. The Labute approximate surface area is 191 Å². The van der Waals surface area contributed by atoms with Crippen LogP contribution in [0.15, 0.2) is 0 Å². The molecule has 0 fully saturated rings. The lowest BCUT2D eigenvalue weighted by molar-refractivity contribution is -0.143. The molecule has 14 heteroatoms. The Kier molecular flexibility index (Phi) is 13.0. The number of primary amides is 2. The maximum Gasteiger partial charge on any atom is 0.326 e. The topological polar surface area (TPSA) is 237 Å². The molecule has 182 valence electrons. The number of hydrogen-bond donors (Lipinski definition) is 8. The lowest BCUT2D eigenvalue weighted by atomic mass is 10.0. The molecule has 0 saturated heterocycles. The molecule has 0 spiro atoms. The monoisotopic (exact) mass is 476 g/mol. The zero-order valence-electron chi connectivity index (χ0n) is 18.0. The van der Waals surface area contributed by atoms with Crippen LogP contribution in [-0.2, 0) is 28.8 Å². The van der Waals surface area contributed by atoms with Crippen LogP contribution in [-0.4, -0.2) is 70.5 Å². The van der Waals surface area contributed by atoms with Crippen LogP contribution in [0.2, 0.25) is 0 Å². The third-order valence-corrected chi connectivity index (χ3v) is 4.58. The number of thiol groups is 1. The van der Waals surface area contributed by atoms with Gasteiger partial charge in [0.05, 0.1) is 12.5 Å². The van der Waals surface area contributed by atoms with E-state index in [2.05, 4.69) is 28.6 Å². The van der Waals surface area contributed by atoms with Crippen LogP contribution in [0.4, 0.5) is 0 Å². The summed E-state index contributed by atoms with van der Waals surface area (Å²) in [5.41, 5.74) is 15.7. The first kappa shape index (κ1) is 29.1. The third-order valence-electron chi connectivity index (χ3n) is 4.21. The fraction of sp³-hybridized carbons (Fsp3) is 0.667. The first-order valence-corrected chi connectivity index (χ1v) is 10.5. The SMILES string of the molecule is CC(C)CC(NC(=O)C(N)CCC(N)=O)C(=O)NC(CS)C(=O)NC(CC(N)=O)C(=O)O. The fourth-order valence-corrected chi connectivity index (χ4v) is 2.81. The Morgan fingerprint density at radius 2 is 1.34 bits per heavy atom. The van der Waals surface area contributed by atoms with E-state index in [0.717, 1.165) is 0 Å². The van der Waals surface area contributed by atoms with Gasteiger partial charge in [-0.05, 0) is 18.8 Å².